The molecule has 92 valence electrons. The maximum absolute atomic E-state index is 11.3. The van der Waals surface area contributed by atoms with Crippen LogP contribution in [0.15, 0.2) is 12.1 Å². The highest BCUT2D eigenvalue weighted by atomic mass is 16.7. The van der Waals surface area contributed by atoms with Gasteiger partial charge >= 0.3 is 5.97 Å². The minimum atomic E-state index is -1.11. The van der Waals surface area contributed by atoms with Gasteiger partial charge in [-0.25, -0.2) is 10.3 Å². The molecule has 17 heavy (non-hydrogen) atoms. The summed E-state index contributed by atoms with van der Waals surface area (Å²) in [5.41, 5.74) is 2.46. The summed E-state index contributed by atoms with van der Waals surface area (Å²) in [6, 6.07) is 2.91. The highest BCUT2D eigenvalue weighted by Crippen LogP contribution is 2.01. The number of aliphatic carboxylic acids is 1. The van der Waals surface area contributed by atoms with Crippen LogP contribution in [0.1, 0.15) is 17.4 Å². The molecule has 0 saturated heterocycles. The fraction of sp³-hybridized carbons (Fsp3) is 0.333. The molecule has 8 nitrogen and oxygen atoms in total. The van der Waals surface area contributed by atoms with Crippen LogP contribution in [0.4, 0.5) is 5.82 Å². The summed E-state index contributed by atoms with van der Waals surface area (Å²) in [6.45, 7) is 1.79. The molecule has 1 amide bonds. The van der Waals surface area contributed by atoms with Crippen molar-refractivity contribution in [1.29, 1.82) is 0 Å². The van der Waals surface area contributed by atoms with Crippen molar-refractivity contribution in [2.45, 2.75) is 6.92 Å². The van der Waals surface area contributed by atoms with Gasteiger partial charge < -0.3 is 10.4 Å². The van der Waals surface area contributed by atoms with E-state index in [1.54, 1.807) is 6.92 Å². The molecule has 0 spiro atoms. The Labute approximate surface area is 96.9 Å². The van der Waals surface area contributed by atoms with Crippen LogP contribution in [0.5, 0.6) is 0 Å². The van der Waals surface area contributed by atoms with Gasteiger partial charge in [-0.3, -0.25) is 9.63 Å². The first-order valence-electron chi connectivity index (χ1n) is 4.85. The van der Waals surface area contributed by atoms with Crippen molar-refractivity contribution in [3.63, 3.8) is 0 Å². The maximum atomic E-state index is 11.3. The number of nitrogens with one attached hydrogen (secondary N) is 2. The molecule has 0 unspecified atom stereocenters. The summed E-state index contributed by atoms with van der Waals surface area (Å²) >= 11 is 0. The molecule has 1 aromatic heterocycles. The monoisotopic (exact) mass is 240 g/mol. The molecule has 3 N–H and O–H groups in total. The molecule has 0 bridgehead atoms. The van der Waals surface area contributed by atoms with Crippen LogP contribution in [0.2, 0.25) is 0 Å². The van der Waals surface area contributed by atoms with Crippen molar-refractivity contribution < 1.29 is 19.5 Å². The standard InChI is InChI=1S/C9H12N4O4/c1-2-10-9(16)6-3-4-7(12-11-6)13-17-5-8(14)15/h3-4H,2,5H2,1H3,(H,10,16)(H,12,13)(H,14,15). The minimum Gasteiger partial charge on any atom is -0.479 e. The van der Waals surface area contributed by atoms with Crippen LogP contribution in [0.25, 0.3) is 0 Å². The molecular formula is C9H12N4O4. The Bertz CT molecular complexity index is 392. The summed E-state index contributed by atoms with van der Waals surface area (Å²) in [4.78, 5) is 26.0. The second-order valence-electron chi connectivity index (χ2n) is 2.95. The fourth-order valence-corrected chi connectivity index (χ4v) is 0.931. The first kappa shape index (κ1) is 12.8. The van der Waals surface area contributed by atoms with E-state index in [9.17, 15) is 9.59 Å². The molecule has 1 rings (SSSR count). The van der Waals surface area contributed by atoms with Gasteiger partial charge in [0, 0.05) is 6.54 Å². The number of hydrogen-bond acceptors (Lipinski definition) is 6. The van der Waals surface area contributed by atoms with E-state index in [1.807, 2.05) is 0 Å². The molecule has 0 aromatic carbocycles. The molecule has 8 heteroatoms. The van der Waals surface area contributed by atoms with Gasteiger partial charge in [0.1, 0.15) is 0 Å². The normalized spacial score (nSPS) is 9.71. The van der Waals surface area contributed by atoms with Crippen LogP contribution < -0.4 is 10.8 Å². The number of carbonyl (C=O) groups is 2. The first-order chi connectivity index (χ1) is 8.13. The van der Waals surface area contributed by atoms with Crippen LogP contribution in [0.3, 0.4) is 0 Å². The number of amides is 1. The number of aromatic nitrogens is 2. The second kappa shape index (κ2) is 6.38. The van der Waals surface area contributed by atoms with Gasteiger partial charge in [0.2, 0.25) is 0 Å². The van der Waals surface area contributed by atoms with Crippen LogP contribution in [-0.2, 0) is 9.63 Å². The molecule has 0 radical (unpaired) electrons. The SMILES string of the molecule is CCNC(=O)c1ccc(NOCC(=O)O)nn1. The molecular weight excluding hydrogens is 228 g/mol. The van der Waals surface area contributed by atoms with Gasteiger partial charge in [0.25, 0.3) is 5.91 Å². The van der Waals surface area contributed by atoms with Crippen molar-refractivity contribution in [1.82, 2.24) is 15.5 Å². The van der Waals surface area contributed by atoms with E-state index in [-0.39, 0.29) is 17.4 Å². The van der Waals surface area contributed by atoms with E-state index >= 15 is 0 Å². The van der Waals surface area contributed by atoms with Gasteiger partial charge in [-0.15, -0.1) is 10.2 Å². The maximum Gasteiger partial charge on any atom is 0.332 e. The van der Waals surface area contributed by atoms with Gasteiger partial charge in [0.15, 0.2) is 18.1 Å². The second-order valence-corrected chi connectivity index (χ2v) is 2.95. The average molecular weight is 240 g/mol. The number of hydrogen-bond donors (Lipinski definition) is 3. The molecule has 0 aliphatic carbocycles. The van der Waals surface area contributed by atoms with E-state index in [2.05, 4.69) is 25.8 Å². The number of carbonyl (C=O) groups excluding carboxylic acids is 1. The smallest absolute Gasteiger partial charge is 0.332 e. The summed E-state index contributed by atoms with van der Waals surface area (Å²) in [5, 5.41) is 18.2. The number of rotatable bonds is 6. The Morgan fingerprint density at radius 1 is 1.41 bits per heavy atom. The van der Waals surface area contributed by atoms with Crippen molar-refractivity contribution >= 4 is 17.7 Å². The van der Waals surface area contributed by atoms with Gasteiger partial charge in [-0.05, 0) is 19.1 Å². The highest BCUT2D eigenvalue weighted by Gasteiger charge is 2.06. The van der Waals surface area contributed by atoms with Crippen molar-refractivity contribution in [2.24, 2.45) is 0 Å². The molecule has 0 atom stereocenters. The van der Waals surface area contributed by atoms with Crippen LogP contribution in [-0.4, -0.2) is 40.3 Å². The zero-order valence-electron chi connectivity index (χ0n) is 9.14. The molecule has 1 heterocycles. The fourth-order valence-electron chi connectivity index (χ4n) is 0.931. The summed E-state index contributed by atoms with van der Waals surface area (Å²) in [6.07, 6.45) is 0. The lowest BCUT2D eigenvalue weighted by Crippen LogP contribution is -2.24. The van der Waals surface area contributed by atoms with Crippen molar-refractivity contribution in [2.75, 3.05) is 18.6 Å². The summed E-state index contributed by atoms with van der Waals surface area (Å²) in [7, 11) is 0. The average Bonchev–Trinajstić information content (AvgIpc) is 2.30. The zero-order chi connectivity index (χ0) is 12.7. The Balaban J connectivity index is 2.50. The molecule has 0 saturated carbocycles. The van der Waals surface area contributed by atoms with Gasteiger partial charge in [0.05, 0.1) is 0 Å². The molecule has 0 aliphatic heterocycles. The van der Waals surface area contributed by atoms with Gasteiger partial charge in [-0.2, -0.15) is 0 Å². The summed E-state index contributed by atoms with van der Waals surface area (Å²) in [5.74, 6) is -1.21. The number of carboxylic acids is 1. The van der Waals surface area contributed by atoms with E-state index in [0.29, 0.717) is 6.54 Å². The topological polar surface area (TPSA) is 113 Å². The third-order valence-electron chi connectivity index (χ3n) is 1.61. The third-order valence-corrected chi connectivity index (χ3v) is 1.61. The predicted octanol–water partition coefficient (Wildman–Crippen LogP) is -0.346. The van der Waals surface area contributed by atoms with Gasteiger partial charge in [-0.1, -0.05) is 0 Å². The van der Waals surface area contributed by atoms with Crippen molar-refractivity contribution in [3.8, 4) is 0 Å². The zero-order valence-corrected chi connectivity index (χ0v) is 9.14. The molecule has 0 fully saturated rings. The number of nitrogens with zero attached hydrogens (tertiary/aromatic N) is 2. The van der Waals surface area contributed by atoms with E-state index in [4.69, 9.17) is 5.11 Å². The minimum absolute atomic E-state index is 0.177. The largest absolute Gasteiger partial charge is 0.479 e. The Hall–Kier alpha value is -2.22. The molecule has 1 aromatic rings. The first-order valence-corrected chi connectivity index (χ1v) is 4.85. The lowest BCUT2D eigenvalue weighted by atomic mass is 10.3. The number of carboxylic acid groups (broad SMARTS) is 1. The summed E-state index contributed by atoms with van der Waals surface area (Å²) < 4.78 is 0. The van der Waals surface area contributed by atoms with E-state index < -0.39 is 12.6 Å². The Morgan fingerprint density at radius 3 is 2.71 bits per heavy atom. The predicted molar refractivity (Wildman–Crippen MR) is 57.2 cm³/mol. The van der Waals surface area contributed by atoms with Crippen LogP contribution >= 0.6 is 0 Å². The van der Waals surface area contributed by atoms with E-state index in [0.717, 1.165) is 0 Å². The third kappa shape index (κ3) is 4.43. The number of anilines is 1. The Morgan fingerprint density at radius 2 is 2.18 bits per heavy atom. The quantitative estimate of drug-likeness (QED) is 0.582. The van der Waals surface area contributed by atoms with Crippen molar-refractivity contribution in [3.05, 3.63) is 17.8 Å². The lowest BCUT2D eigenvalue weighted by Gasteiger charge is -2.04. The van der Waals surface area contributed by atoms with E-state index in [1.165, 1.54) is 12.1 Å². The Kier molecular flexibility index (Phi) is 4.82. The van der Waals surface area contributed by atoms with Crippen LogP contribution in [0, 0.1) is 0 Å². The lowest BCUT2D eigenvalue weighted by molar-refractivity contribution is -0.141. The molecule has 0 aliphatic rings. The highest BCUT2D eigenvalue weighted by molar-refractivity contribution is 5.92.